The molecule has 2 heterocycles. The zero-order chi connectivity index (χ0) is 17.2. The predicted octanol–water partition coefficient (Wildman–Crippen LogP) is 4.38. The number of aryl methyl sites for hydroxylation is 1. The maximum Gasteiger partial charge on any atom is 0.199 e. The summed E-state index contributed by atoms with van der Waals surface area (Å²) in [7, 11) is 0. The van der Waals surface area contributed by atoms with E-state index >= 15 is 0 Å². The zero-order valence-electron chi connectivity index (χ0n) is 15.1. The summed E-state index contributed by atoms with van der Waals surface area (Å²) in [5.74, 6) is 1.90. The van der Waals surface area contributed by atoms with Gasteiger partial charge in [-0.1, -0.05) is 43.2 Å². The van der Waals surface area contributed by atoms with Crippen LogP contribution < -0.4 is 0 Å². The molecule has 5 heteroatoms. The number of likely N-dealkylation sites (tertiary alicyclic amines) is 1. The maximum absolute atomic E-state index is 5.76. The molecule has 1 aliphatic heterocycles. The minimum Gasteiger partial charge on any atom is -0.300 e. The molecule has 2 atom stereocenters. The first-order valence-corrected chi connectivity index (χ1v) is 10.1. The van der Waals surface area contributed by atoms with Crippen LogP contribution in [0.1, 0.15) is 49.9 Å². The highest BCUT2D eigenvalue weighted by atomic mass is 32.1. The van der Waals surface area contributed by atoms with Crippen molar-refractivity contribution in [2.75, 3.05) is 6.54 Å². The molecule has 0 bridgehead atoms. The Morgan fingerprint density at radius 2 is 1.84 bits per heavy atom. The molecule has 4 rings (SSSR count). The van der Waals surface area contributed by atoms with Crippen molar-refractivity contribution in [2.45, 2.75) is 64.7 Å². The number of benzene rings is 1. The van der Waals surface area contributed by atoms with Gasteiger partial charge in [0.1, 0.15) is 5.82 Å². The summed E-state index contributed by atoms with van der Waals surface area (Å²) in [5, 5.41) is 4.77. The van der Waals surface area contributed by atoms with Gasteiger partial charge in [0.25, 0.3) is 0 Å². The first kappa shape index (κ1) is 17.0. The second-order valence-electron chi connectivity index (χ2n) is 7.61. The summed E-state index contributed by atoms with van der Waals surface area (Å²) in [4.78, 5) is 2.64. The fourth-order valence-corrected chi connectivity index (χ4v) is 4.96. The van der Waals surface area contributed by atoms with Crippen molar-refractivity contribution in [3.05, 3.63) is 46.5 Å². The van der Waals surface area contributed by atoms with Crippen LogP contribution >= 0.6 is 12.2 Å². The fourth-order valence-electron chi connectivity index (χ4n) is 4.66. The first-order chi connectivity index (χ1) is 12.2. The molecule has 0 radical (unpaired) electrons. The quantitative estimate of drug-likeness (QED) is 0.760. The van der Waals surface area contributed by atoms with Crippen molar-refractivity contribution >= 4 is 12.2 Å². The van der Waals surface area contributed by atoms with Gasteiger partial charge >= 0.3 is 0 Å². The highest BCUT2D eigenvalue weighted by Gasteiger charge is 2.33. The maximum atomic E-state index is 5.76. The third kappa shape index (κ3) is 3.58. The average Bonchev–Trinajstić information content (AvgIpc) is 2.90. The molecule has 4 nitrogen and oxygen atoms in total. The minimum absolute atomic E-state index is 0.740. The third-order valence-corrected chi connectivity index (χ3v) is 6.40. The largest absolute Gasteiger partial charge is 0.300 e. The topological polar surface area (TPSA) is 26.0 Å². The van der Waals surface area contributed by atoms with E-state index in [0.29, 0.717) is 0 Å². The third-order valence-electron chi connectivity index (χ3n) is 5.97. The number of rotatable bonds is 4. The fraction of sp³-hybridized carbons (Fsp3) is 0.600. The molecule has 0 spiro atoms. The van der Waals surface area contributed by atoms with E-state index in [-0.39, 0.29) is 0 Å². The van der Waals surface area contributed by atoms with Crippen molar-refractivity contribution in [3.63, 3.8) is 0 Å². The van der Waals surface area contributed by atoms with Crippen molar-refractivity contribution < 1.29 is 0 Å². The molecule has 0 unspecified atom stereocenters. The van der Waals surface area contributed by atoms with E-state index in [4.69, 9.17) is 17.3 Å². The molecule has 2 aromatic rings. The molecular weight excluding hydrogens is 328 g/mol. The Hall–Kier alpha value is -1.46. The van der Waals surface area contributed by atoms with Crippen molar-refractivity contribution in [1.82, 2.24) is 19.2 Å². The van der Waals surface area contributed by atoms with Crippen molar-refractivity contribution in [3.8, 4) is 0 Å². The SMILES string of the molecule is Cc1nn(CN2CCC[C@@H]3CCCC[C@@H]32)c(=S)n1Cc1ccccc1. The van der Waals surface area contributed by atoms with Gasteiger partial charge < -0.3 is 0 Å². The van der Waals surface area contributed by atoms with Crippen LogP contribution in [-0.2, 0) is 13.2 Å². The Balaban J connectivity index is 1.53. The predicted molar refractivity (Wildman–Crippen MR) is 103 cm³/mol. The number of hydrogen-bond acceptors (Lipinski definition) is 3. The van der Waals surface area contributed by atoms with Gasteiger partial charge in [-0.15, -0.1) is 0 Å². The van der Waals surface area contributed by atoms with Gasteiger partial charge in [0.2, 0.25) is 0 Å². The molecule has 134 valence electrons. The molecule has 1 aliphatic carbocycles. The summed E-state index contributed by atoms with van der Waals surface area (Å²) in [6.45, 7) is 4.91. The minimum atomic E-state index is 0.740. The number of piperidine rings is 1. The van der Waals surface area contributed by atoms with Crippen LogP contribution in [0.2, 0.25) is 0 Å². The summed E-state index contributed by atoms with van der Waals surface area (Å²) in [6.07, 6.45) is 8.28. The highest BCUT2D eigenvalue weighted by molar-refractivity contribution is 7.71. The lowest BCUT2D eigenvalue weighted by Gasteiger charge is -2.43. The standard InChI is InChI=1S/C20H28N4S/c1-16-21-24(20(25)23(16)14-17-8-3-2-4-9-17)15-22-13-7-11-18-10-5-6-12-19(18)22/h2-4,8-9,18-19H,5-7,10-15H2,1H3/t18-,19-/m0/s1. The molecule has 1 saturated carbocycles. The van der Waals surface area contributed by atoms with E-state index in [1.165, 1.54) is 50.6 Å². The van der Waals surface area contributed by atoms with E-state index < -0.39 is 0 Å². The second-order valence-corrected chi connectivity index (χ2v) is 7.97. The monoisotopic (exact) mass is 356 g/mol. The molecule has 1 aromatic heterocycles. The normalized spacial score (nSPS) is 24.2. The van der Waals surface area contributed by atoms with Crippen LogP contribution in [0.4, 0.5) is 0 Å². The lowest BCUT2D eigenvalue weighted by atomic mass is 9.78. The van der Waals surface area contributed by atoms with E-state index in [1.807, 2.05) is 4.68 Å². The smallest absolute Gasteiger partial charge is 0.199 e. The lowest BCUT2D eigenvalue weighted by molar-refractivity contribution is 0.0322. The Labute approximate surface area is 155 Å². The van der Waals surface area contributed by atoms with E-state index in [0.717, 1.165) is 35.8 Å². The summed E-state index contributed by atoms with van der Waals surface area (Å²) >= 11 is 5.76. The number of nitrogens with zero attached hydrogens (tertiary/aromatic N) is 4. The van der Waals surface area contributed by atoms with Crippen LogP contribution in [0.3, 0.4) is 0 Å². The average molecular weight is 357 g/mol. The van der Waals surface area contributed by atoms with E-state index in [2.05, 4.69) is 46.7 Å². The molecule has 0 N–H and O–H groups in total. The molecule has 1 saturated heterocycles. The molecule has 2 fully saturated rings. The van der Waals surface area contributed by atoms with E-state index in [1.54, 1.807) is 0 Å². The van der Waals surface area contributed by atoms with Crippen LogP contribution in [0.25, 0.3) is 0 Å². The van der Waals surface area contributed by atoms with Crippen LogP contribution in [0, 0.1) is 17.6 Å². The Kier molecular flexibility index (Phi) is 5.04. The Morgan fingerprint density at radius 3 is 2.68 bits per heavy atom. The Bertz CT molecular complexity index is 762. The van der Waals surface area contributed by atoms with Gasteiger partial charge in [-0.25, -0.2) is 4.68 Å². The Morgan fingerprint density at radius 1 is 1.08 bits per heavy atom. The van der Waals surface area contributed by atoms with Crippen LogP contribution in [-0.4, -0.2) is 31.8 Å². The van der Waals surface area contributed by atoms with Gasteiger partial charge in [0.15, 0.2) is 4.77 Å². The lowest BCUT2D eigenvalue weighted by Crippen LogP contribution is -2.47. The van der Waals surface area contributed by atoms with Crippen LogP contribution in [0.5, 0.6) is 0 Å². The highest BCUT2D eigenvalue weighted by Crippen LogP contribution is 2.35. The van der Waals surface area contributed by atoms with Crippen molar-refractivity contribution in [1.29, 1.82) is 0 Å². The molecule has 1 aromatic carbocycles. The number of aromatic nitrogens is 3. The molecule has 25 heavy (non-hydrogen) atoms. The first-order valence-electron chi connectivity index (χ1n) is 9.64. The molecule has 0 amide bonds. The second kappa shape index (κ2) is 7.42. The van der Waals surface area contributed by atoms with Gasteiger partial charge in [0.05, 0.1) is 13.2 Å². The zero-order valence-corrected chi connectivity index (χ0v) is 15.9. The van der Waals surface area contributed by atoms with E-state index in [9.17, 15) is 0 Å². The van der Waals surface area contributed by atoms with Gasteiger partial charge in [0, 0.05) is 12.6 Å². The van der Waals surface area contributed by atoms with Crippen LogP contribution in [0.15, 0.2) is 30.3 Å². The summed E-state index contributed by atoms with van der Waals surface area (Å²) in [6, 6.07) is 11.2. The van der Waals surface area contributed by atoms with Gasteiger partial charge in [-0.2, -0.15) is 5.10 Å². The van der Waals surface area contributed by atoms with Gasteiger partial charge in [-0.05, 0) is 56.3 Å². The summed E-state index contributed by atoms with van der Waals surface area (Å²) < 4.78 is 5.05. The summed E-state index contributed by atoms with van der Waals surface area (Å²) in [5.41, 5.74) is 1.27. The number of hydrogen-bond donors (Lipinski definition) is 0. The molecule has 2 aliphatic rings. The van der Waals surface area contributed by atoms with Crippen molar-refractivity contribution in [2.24, 2.45) is 5.92 Å². The van der Waals surface area contributed by atoms with Gasteiger partial charge in [-0.3, -0.25) is 9.47 Å². The number of fused-ring (bicyclic) bond motifs is 1. The molecular formula is C20H28N4S.